The Hall–Kier alpha value is -1.71. The number of alkyl halides is 1. The van der Waals surface area contributed by atoms with Crippen LogP contribution in [0.1, 0.15) is 64.2 Å². The summed E-state index contributed by atoms with van der Waals surface area (Å²) in [6, 6.07) is -0.684. The lowest BCUT2D eigenvalue weighted by Gasteiger charge is -2.41. The first-order valence-corrected chi connectivity index (χ1v) is 14.7. The Bertz CT molecular complexity index is 877. The molecule has 206 valence electrons. The van der Waals surface area contributed by atoms with Crippen molar-refractivity contribution in [3.63, 3.8) is 0 Å². The molecule has 3 heterocycles. The lowest BCUT2D eigenvalue weighted by atomic mass is 9.70. The van der Waals surface area contributed by atoms with Gasteiger partial charge in [-0.2, -0.15) is 0 Å². The van der Waals surface area contributed by atoms with Gasteiger partial charge in [0.2, 0.25) is 11.8 Å². The number of carbonyl (C=O) groups excluding carboxylic acids is 3. The number of rotatable bonds is 13. The summed E-state index contributed by atoms with van der Waals surface area (Å²) in [6.07, 6.45) is 11.2. The van der Waals surface area contributed by atoms with E-state index in [0.717, 1.165) is 32.1 Å². The quantitative estimate of drug-likeness (QED) is 0.155. The Morgan fingerprint density at radius 2 is 1.95 bits per heavy atom. The topological polar surface area (TPSA) is 96.4 Å². The minimum atomic E-state index is -1.07. The predicted molar refractivity (Wildman–Crippen MR) is 143 cm³/mol. The summed E-state index contributed by atoms with van der Waals surface area (Å²) in [4.78, 5) is 45.1. The molecule has 0 aromatic heterocycles. The Kier molecular flexibility index (Phi) is 9.51. The summed E-state index contributed by atoms with van der Waals surface area (Å²) in [6.45, 7) is 8.67. The molecule has 3 unspecified atom stereocenters. The zero-order chi connectivity index (χ0) is 26.6. The fraction of sp³-hybridized carbons (Fsp3) is 0.750. The van der Waals surface area contributed by atoms with Gasteiger partial charge in [-0.1, -0.05) is 47.3 Å². The monoisotopic (exact) mass is 580 g/mol. The van der Waals surface area contributed by atoms with E-state index in [1.165, 1.54) is 6.42 Å². The summed E-state index contributed by atoms with van der Waals surface area (Å²) in [5, 5.41) is 9.22. The minimum Gasteiger partial charge on any atom is -0.465 e. The highest BCUT2D eigenvalue weighted by molar-refractivity contribution is 9.09. The van der Waals surface area contributed by atoms with Gasteiger partial charge in [-0.25, -0.2) is 0 Å². The molecule has 4 fully saturated rings. The van der Waals surface area contributed by atoms with Crippen LogP contribution in [0, 0.1) is 11.8 Å². The third-order valence-electron chi connectivity index (χ3n) is 8.54. The van der Waals surface area contributed by atoms with Crippen molar-refractivity contribution in [1.82, 2.24) is 9.80 Å². The molecule has 6 atom stereocenters. The number of nitrogens with zero attached hydrogens (tertiary/aromatic N) is 2. The van der Waals surface area contributed by atoms with Crippen molar-refractivity contribution in [3.05, 3.63) is 25.3 Å². The van der Waals surface area contributed by atoms with E-state index < -0.39 is 35.6 Å². The molecule has 1 N–H and O–H groups in total. The molecule has 0 aromatic carbocycles. The van der Waals surface area contributed by atoms with Crippen LogP contribution in [-0.2, 0) is 23.9 Å². The molecule has 8 nitrogen and oxygen atoms in total. The van der Waals surface area contributed by atoms with E-state index in [1.54, 1.807) is 17.1 Å². The van der Waals surface area contributed by atoms with E-state index >= 15 is 0 Å². The molecule has 3 aliphatic heterocycles. The van der Waals surface area contributed by atoms with Crippen molar-refractivity contribution < 1.29 is 29.0 Å². The van der Waals surface area contributed by atoms with Crippen molar-refractivity contribution in [1.29, 1.82) is 0 Å². The van der Waals surface area contributed by atoms with Gasteiger partial charge in [0.15, 0.2) is 0 Å². The molecule has 2 bridgehead atoms. The molecule has 3 saturated heterocycles. The van der Waals surface area contributed by atoms with E-state index in [1.807, 2.05) is 4.90 Å². The van der Waals surface area contributed by atoms with Crippen molar-refractivity contribution in [2.24, 2.45) is 11.8 Å². The van der Waals surface area contributed by atoms with Crippen LogP contribution in [0.4, 0.5) is 0 Å². The second-order valence-electron chi connectivity index (χ2n) is 10.8. The van der Waals surface area contributed by atoms with Crippen LogP contribution in [0.5, 0.6) is 0 Å². The van der Waals surface area contributed by atoms with E-state index in [9.17, 15) is 19.5 Å². The van der Waals surface area contributed by atoms with E-state index in [2.05, 4.69) is 29.1 Å². The zero-order valence-corrected chi connectivity index (χ0v) is 23.3. The fourth-order valence-electron chi connectivity index (χ4n) is 6.94. The molecule has 1 spiro atoms. The van der Waals surface area contributed by atoms with Gasteiger partial charge in [0, 0.05) is 30.6 Å². The number of aliphatic hydroxyl groups excluding tert-OH is 1. The minimum absolute atomic E-state index is 0.0896. The number of hydrogen-bond donors (Lipinski definition) is 1. The van der Waals surface area contributed by atoms with Gasteiger partial charge in [-0.05, 0) is 44.9 Å². The number of carbonyl (C=O) groups is 3. The number of amides is 2. The molecule has 37 heavy (non-hydrogen) atoms. The molecule has 2 amide bonds. The van der Waals surface area contributed by atoms with Crippen molar-refractivity contribution in [2.45, 2.75) is 92.8 Å². The first-order chi connectivity index (χ1) is 17.9. The average molecular weight is 582 g/mol. The molecule has 9 heteroatoms. The lowest BCUT2D eigenvalue weighted by Crippen LogP contribution is -2.58. The maximum absolute atomic E-state index is 14.4. The number of fused-ring (bicyclic) bond motifs is 1. The Balaban J connectivity index is 1.67. The summed E-state index contributed by atoms with van der Waals surface area (Å²) in [5.41, 5.74) is -1.07. The third kappa shape index (κ3) is 5.28. The third-order valence-corrected chi connectivity index (χ3v) is 9.39. The number of unbranched alkanes of at least 4 members (excludes halogenated alkanes) is 2. The van der Waals surface area contributed by atoms with Crippen LogP contribution in [0.15, 0.2) is 25.3 Å². The summed E-state index contributed by atoms with van der Waals surface area (Å²) in [5.74, 6) is -2.25. The van der Waals surface area contributed by atoms with Crippen LogP contribution < -0.4 is 0 Å². The number of likely N-dealkylation sites (tertiary alicyclic amines) is 1. The molecule has 4 rings (SSSR count). The maximum atomic E-state index is 14.4. The average Bonchev–Trinajstić information content (AvgIpc) is 3.49. The molecule has 1 aliphatic carbocycles. The standard InChI is InChI=1S/C28H41BrN2O6/c1-3-5-17-36-27(35)21-22-25(33)31(15-10-7-11-16-32)24(28(22)18-20(29)23(21)37-28)26(34)30(14-4-2)19-12-8-6-9-13-19/h3-4,19-24,32H,1-2,5-18H2/t20?,21-,22+,23-,24?,28?/m1/s1. The number of halogens is 1. The van der Waals surface area contributed by atoms with Crippen molar-refractivity contribution in [2.75, 3.05) is 26.3 Å². The summed E-state index contributed by atoms with van der Waals surface area (Å²) in [7, 11) is 0. The largest absolute Gasteiger partial charge is 0.465 e. The van der Waals surface area contributed by atoms with Gasteiger partial charge < -0.3 is 24.4 Å². The van der Waals surface area contributed by atoms with Crippen LogP contribution in [0.25, 0.3) is 0 Å². The van der Waals surface area contributed by atoms with E-state index in [-0.39, 0.29) is 35.9 Å². The smallest absolute Gasteiger partial charge is 0.312 e. The Labute approximate surface area is 228 Å². The lowest BCUT2D eigenvalue weighted by molar-refractivity contribution is -0.155. The summed E-state index contributed by atoms with van der Waals surface area (Å²) < 4.78 is 12.1. The second kappa shape index (κ2) is 12.4. The van der Waals surface area contributed by atoms with Gasteiger partial charge in [-0.3, -0.25) is 14.4 Å². The van der Waals surface area contributed by atoms with Gasteiger partial charge in [0.1, 0.15) is 11.6 Å². The van der Waals surface area contributed by atoms with E-state index in [4.69, 9.17) is 9.47 Å². The molecular formula is C28H41BrN2O6. The normalized spacial score (nSPS) is 32.9. The zero-order valence-electron chi connectivity index (χ0n) is 21.7. The number of ether oxygens (including phenoxy) is 2. The first kappa shape index (κ1) is 28.3. The van der Waals surface area contributed by atoms with Gasteiger partial charge in [0.25, 0.3) is 0 Å². The SMILES string of the molecule is C=CCCOC(=O)[C@H]1[C@@H]2OC3(CC2Br)C(C(=O)N(CC=C)C2CCCCC2)N(CCCCCO)C(=O)[C@H]13. The molecule has 4 aliphatic rings. The Morgan fingerprint density at radius 3 is 2.62 bits per heavy atom. The molecule has 0 radical (unpaired) electrons. The fourth-order valence-corrected chi connectivity index (χ4v) is 7.88. The molecular weight excluding hydrogens is 540 g/mol. The van der Waals surface area contributed by atoms with E-state index in [0.29, 0.717) is 38.8 Å². The van der Waals surface area contributed by atoms with Crippen LogP contribution in [0.3, 0.4) is 0 Å². The van der Waals surface area contributed by atoms with Gasteiger partial charge in [-0.15, -0.1) is 13.2 Å². The highest BCUT2D eigenvalue weighted by Gasteiger charge is 2.77. The molecule has 1 saturated carbocycles. The van der Waals surface area contributed by atoms with Gasteiger partial charge in [0.05, 0.1) is 24.5 Å². The maximum Gasteiger partial charge on any atom is 0.312 e. The highest BCUT2D eigenvalue weighted by atomic mass is 79.9. The van der Waals surface area contributed by atoms with Crippen molar-refractivity contribution in [3.8, 4) is 0 Å². The number of esters is 1. The summed E-state index contributed by atoms with van der Waals surface area (Å²) >= 11 is 3.70. The van der Waals surface area contributed by atoms with Crippen LogP contribution >= 0.6 is 15.9 Å². The predicted octanol–water partition coefficient (Wildman–Crippen LogP) is 3.36. The van der Waals surface area contributed by atoms with Crippen LogP contribution in [-0.4, -0.2) is 87.6 Å². The van der Waals surface area contributed by atoms with Crippen molar-refractivity contribution >= 4 is 33.7 Å². The first-order valence-electron chi connectivity index (χ1n) is 13.8. The Morgan fingerprint density at radius 1 is 1.19 bits per heavy atom. The highest BCUT2D eigenvalue weighted by Crippen LogP contribution is 2.60. The number of hydrogen-bond acceptors (Lipinski definition) is 6. The number of aliphatic hydroxyl groups is 1. The van der Waals surface area contributed by atoms with Crippen LogP contribution in [0.2, 0.25) is 0 Å². The second-order valence-corrected chi connectivity index (χ2v) is 12.0. The molecule has 0 aromatic rings. The van der Waals surface area contributed by atoms with Gasteiger partial charge >= 0.3 is 5.97 Å².